The summed E-state index contributed by atoms with van der Waals surface area (Å²) >= 11 is 5.83. The summed E-state index contributed by atoms with van der Waals surface area (Å²) < 4.78 is 9.85. The predicted molar refractivity (Wildman–Crippen MR) is 67.4 cm³/mol. The third-order valence-electron chi connectivity index (χ3n) is 1.93. The number of carbonyl (C=O) groups is 1. The first-order chi connectivity index (χ1) is 8.22. The summed E-state index contributed by atoms with van der Waals surface area (Å²) in [7, 11) is 0. The van der Waals surface area contributed by atoms with Gasteiger partial charge in [0.15, 0.2) is 0 Å². The quantitative estimate of drug-likeness (QED) is 0.602. The maximum Gasteiger partial charge on any atom is 0.332 e. The van der Waals surface area contributed by atoms with Crippen LogP contribution in [-0.2, 0) is 14.3 Å². The topological polar surface area (TPSA) is 47.6 Å². The zero-order valence-electron chi connectivity index (χ0n) is 9.74. The number of benzene rings is 1. The lowest BCUT2D eigenvalue weighted by molar-refractivity contribution is -0.148. The molecular weight excluding hydrogens is 242 g/mol. The van der Waals surface area contributed by atoms with Crippen LogP contribution >= 0.6 is 11.6 Å². The minimum absolute atomic E-state index is 0.00886. The van der Waals surface area contributed by atoms with Crippen molar-refractivity contribution in [1.82, 2.24) is 0 Å². The van der Waals surface area contributed by atoms with Crippen molar-refractivity contribution in [2.24, 2.45) is 0 Å². The molecule has 0 unspecified atom stereocenters. The van der Waals surface area contributed by atoms with E-state index in [1.807, 2.05) is 24.3 Å². The van der Waals surface area contributed by atoms with Crippen LogP contribution in [0.2, 0.25) is 5.02 Å². The summed E-state index contributed by atoms with van der Waals surface area (Å²) in [5, 5.41) is 3.81. The van der Waals surface area contributed by atoms with Gasteiger partial charge in [0.1, 0.15) is 6.61 Å². The first-order valence-electron chi connectivity index (χ1n) is 5.45. The predicted octanol–water partition coefficient (Wildman–Crippen LogP) is 2.33. The lowest BCUT2D eigenvalue weighted by Crippen LogP contribution is -2.16. The van der Waals surface area contributed by atoms with Crippen LogP contribution in [0, 0.1) is 0 Å². The van der Waals surface area contributed by atoms with Gasteiger partial charge in [0, 0.05) is 17.3 Å². The fourth-order valence-corrected chi connectivity index (χ4v) is 1.41. The van der Waals surface area contributed by atoms with Crippen LogP contribution in [0.1, 0.15) is 6.92 Å². The number of nitrogens with one attached hydrogen (secondary N) is 1. The van der Waals surface area contributed by atoms with Gasteiger partial charge < -0.3 is 14.8 Å². The van der Waals surface area contributed by atoms with Gasteiger partial charge in [-0.1, -0.05) is 17.7 Å². The summed E-state index contributed by atoms with van der Waals surface area (Å²) in [6, 6.07) is 7.41. The molecule has 0 atom stereocenters. The van der Waals surface area contributed by atoms with E-state index in [1.54, 1.807) is 6.92 Å². The third-order valence-corrected chi connectivity index (χ3v) is 2.16. The summed E-state index contributed by atoms with van der Waals surface area (Å²) in [6.07, 6.45) is 0. The molecule has 1 aromatic rings. The Kier molecular flexibility index (Phi) is 6.43. The molecule has 0 aliphatic heterocycles. The molecule has 0 radical (unpaired) electrons. The number of halogens is 1. The Balaban J connectivity index is 2.10. The number of carbonyl (C=O) groups excluding carboxylic acids is 1. The molecule has 4 nitrogen and oxygen atoms in total. The number of ether oxygens (including phenoxy) is 2. The van der Waals surface area contributed by atoms with E-state index < -0.39 is 0 Å². The van der Waals surface area contributed by atoms with Crippen molar-refractivity contribution >= 4 is 23.3 Å². The smallest absolute Gasteiger partial charge is 0.332 e. The van der Waals surface area contributed by atoms with E-state index in [2.05, 4.69) is 5.32 Å². The van der Waals surface area contributed by atoms with E-state index in [0.29, 0.717) is 24.8 Å². The van der Waals surface area contributed by atoms with Crippen molar-refractivity contribution in [2.45, 2.75) is 6.92 Å². The highest BCUT2D eigenvalue weighted by molar-refractivity contribution is 6.30. The van der Waals surface area contributed by atoms with Gasteiger partial charge in [0.25, 0.3) is 0 Å². The van der Waals surface area contributed by atoms with E-state index in [1.165, 1.54) is 0 Å². The Morgan fingerprint density at radius 3 is 3.00 bits per heavy atom. The molecule has 0 bridgehead atoms. The van der Waals surface area contributed by atoms with Gasteiger partial charge in [-0.2, -0.15) is 0 Å². The second-order valence-electron chi connectivity index (χ2n) is 3.29. The summed E-state index contributed by atoms with van der Waals surface area (Å²) in [6.45, 7) is 3.18. The van der Waals surface area contributed by atoms with Crippen LogP contribution in [0.3, 0.4) is 0 Å². The standard InChI is InChI=1S/C12H16ClNO3/c1-2-17-12(15)9-16-7-6-14-11-5-3-4-10(13)8-11/h3-5,8,14H,2,6-7,9H2,1H3. The lowest BCUT2D eigenvalue weighted by Gasteiger charge is -2.07. The molecule has 94 valence electrons. The molecule has 0 fully saturated rings. The number of rotatable bonds is 7. The second-order valence-corrected chi connectivity index (χ2v) is 3.73. The van der Waals surface area contributed by atoms with Gasteiger partial charge in [-0.3, -0.25) is 0 Å². The number of hydrogen-bond donors (Lipinski definition) is 1. The Morgan fingerprint density at radius 1 is 1.47 bits per heavy atom. The molecule has 5 heteroatoms. The van der Waals surface area contributed by atoms with E-state index in [0.717, 1.165) is 5.69 Å². The van der Waals surface area contributed by atoms with Crippen molar-refractivity contribution in [3.05, 3.63) is 29.3 Å². The van der Waals surface area contributed by atoms with Gasteiger partial charge in [-0.25, -0.2) is 4.79 Å². The fraction of sp³-hybridized carbons (Fsp3) is 0.417. The first kappa shape index (κ1) is 13.8. The Hall–Kier alpha value is -1.26. The minimum Gasteiger partial charge on any atom is -0.464 e. The number of hydrogen-bond acceptors (Lipinski definition) is 4. The highest BCUT2D eigenvalue weighted by atomic mass is 35.5. The van der Waals surface area contributed by atoms with Gasteiger partial charge in [-0.15, -0.1) is 0 Å². The summed E-state index contributed by atoms with van der Waals surface area (Å²) in [5.41, 5.74) is 0.928. The van der Waals surface area contributed by atoms with Crippen molar-refractivity contribution in [3.63, 3.8) is 0 Å². The minimum atomic E-state index is -0.338. The average molecular weight is 258 g/mol. The molecule has 1 aromatic carbocycles. The molecule has 1 N–H and O–H groups in total. The molecular formula is C12H16ClNO3. The summed E-state index contributed by atoms with van der Waals surface area (Å²) in [5.74, 6) is -0.338. The fourth-order valence-electron chi connectivity index (χ4n) is 1.22. The highest BCUT2D eigenvalue weighted by Crippen LogP contribution is 2.14. The third kappa shape index (κ3) is 6.14. The van der Waals surface area contributed by atoms with Crippen LogP contribution in [0.5, 0.6) is 0 Å². The van der Waals surface area contributed by atoms with E-state index in [9.17, 15) is 4.79 Å². The maximum atomic E-state index is 10.9. The van der Waals surface area contributed by atoms with Crippen LogP contribution in [0.4, 0.5) is 5.69 Å². The molecule has 0 heterocycles. The Bertz CT molecular complexity index is 357. The largest absolute Gasteiger partial charge is 0.464 e. The zero-order chi connectivity index (χ0) is 12.5. The molecule has 0 aliphatic rings. The second kappa shape index (κ2) is 7.92. The summed E-state index contributed by atoms with van der Waals surface area (Å²) in [4.78, 5) is 10.9. The first-order valence-corrected chi connectivity index (χ1v) is 5.83. The van der Waals surface area contributed by atoms with Gasteiger partial charge in [0.05, 0.1) is 13.2 Å². The van der Waals surface area contributed by atoms with Crippen LogP contribution < -0.4 is 5.32 Å². The zero-order valence-corrected chi connectivity index (χ0v) is 10.5. The van der Waals surface area contributed by atoms with Crippen LogP contribution in [0.25, 0.3) is 0 Å². The molecule has 1 rings (SSSR count). The van der Waals surface area contributed by atoms with Crippen LogP contribution in [-0.4, -0.2) is 32.3 Å². The number of anilines is 1. The molecule has 0 amide bonds. The van der Waals surface area contributed by atoms with Crippen molar-refractivity contribution in [2.75, 3.05) is 31.7 Å². The molecule has 0 spiro atoms. The molecule has 0 saturated heterocycles. The SMILES string of the molecule is CCOC(=O)COCCNc1cccc(Cl)c1. The van der Waals surface area contributed by atoms with Crippen molar-refractivity contribution in [1.29, 1.82) is 0 Å². The van der Waals surface area contributed by atoms with E-state index >= 15 is 0 Å². The molecule has 17 heavy (non-hydrogen) atoms. The molecule has 0 saturated carbocycles. The Labute approximate surface area is 106 Å². The van der Waals surface area contributed by atoms with Gasteiger partial charge >= 0.3 is 5.97 Å². The maximum absolute atomic E-state index is 10.9. The number of esters is 1. The normalized spacial score (nSPS) is 10.0. The van der Waals surface area contributed by atoms with Gasteiger partial charge in [-0.05, 0) is 25.1 Å². The van der Waals surface area contributed by atoms with Crippen molar-refractivity contribution in [3.8, 4) is 0 Å². The van der Waals surface area contributed by atoms with Gasteiger partial charge in [0.2, 0.25) is 0 Å². The van der Waals surface area contributed by atoms with E-state index in [4.69, 9.17) is 21.1 Å². The van der Waals surface area contributed by atoms with Crippen LogP contribution in [0.15, 0.2) is 24.3 Å². The molecule has 0 aliphatic carbocycles. The monoisotopic (exact) mass is 257 g/mol. The van der Waals surface area contributed by atoms with E-state index in [-0.39, 0.29) is 12.6 Å². The lowest BCUT2D eigenvalue weighted by atomic mass is 10.3. The Morgan fingerprint density at radius 2 is 2.29 bits per heavy atom. The average Bonchev–Trinajstić information content (AvgIpc) is 2.29. The molecule has 0 aromatic heterocycles. The van der Waals surface area contributed by atoms with Crippen molar-refractivity contribution < 1.29 is 14.3 Å². The highest BCUT2D eigenvalue weighted by Gasteiger charge is 2.00.